The van der Waals surface area contributed by atoms with Gasteiger partial charge >= 0.3 is 0 Å². The van der Waals surface area contributed by atoms with Crippen molar-refractivity contribution in [3.8, 4) is 0 Å². The highest BCUT2D eigenvalue weighted by molar-refractivity contribution is 5.32. The summed E-state index contributed by atoms with van der Waals surface area (Å²) in [7, 11) is 0. The minimum absolute atomic E-state index is 0.249. The highest BCUT2D eigenvalue weighted by Crippen LogP contribution is 2.38. The summed E-state index contributed by atoms with van der Waals surface area (Å²) in [6.07, 6.45) is 9.32. The second-order valence-corrected chi connectivity index (χ2v) is 5.62. The average molecular weight is 191 g/mol. The van der Waals surface area contributed by atoms with Gasteiger partial charge in [-0.25, -0.2) is 0 Å². The summed E-state index contributed by atoms with van der Waals surface area (Å²) < 4.78 is 0. The zero-order valence-electron chi connectivity index (χ0n) is 9.72. The molecule has 0 radical (unpaired) electrons. The first-order valence-corrected chi connectivity index (χ1v) is 5.61. The van der Waals surface area contributed by atoms with E-state index in [2.05, 4.69) is 51.2 Å². The Labute approximate surface area is 87.3 Å². The SMILES string of the molecule is CC(C)C1=CC(C)(NC2(C)C=CC2)C1. The minimum atomic E-state index is 0.249. The van der Waals surface area contributed by atoms with Crippen molar-refractivity contribution in [2.24, 2.45) is 5.92 Å². The Bertz CT molecular complexity index is 300. The fourth-order valence-corrected chi connectivity index (χ4v) is 2.47. The molecule has 2 aliphatic carbocycles. The summed E-state index contributed by atoms with van der Waals surface area (Å²) in [5.74, 6) is 0.717. The van der Waals surface area contributed by atoms with Gasteiger partial charge in [-0.05, 0) is 32.6 Å². The molecule has 2 aliphatic rings. The fraction of sp³-hybridized carbons (Fsp3) is 0.692. The van der Waals surface area contributed by atoms with Gasteiger partial charge in [-0.2, -0.15) is 0 Å². The molecule has 1 nitrogen and oxygen atoms in total. The summed E-state index contributed by atoms with van der Waals surface area (Å²) in [5.41, 5.74) is 2.11. The second kappa shape index (κ2) is 2.96. The minimum Gasteiger partial charge on any atom is -0.299 e. The van der Waals surface area contributed by atoms with Gasteiger partial charge in [0.05, 0.1) is 0 Å². The van der Waals surface area contributed by atoms with Crippen LogP contribution in [0.2, 0.25) is 0 Å². The molecule has 0 amide bonds. The van der Waals surface area contributed by atoms with E-state index in [4.69, 9.17) is 0 Å². The Morgan fingerprint density at radius 2 is 1.86 bits per heavy atom. The lowest BCUT2D eigenvalue weighted by Gasteiger charge is -2.47. The van der Waals surface area contributed by atoms with Crippen LogP contribution in [0.5, 0.6) is 0 Å². The Hall–Kier alpha value is -0.560. The molecular weight excluding hydrogens is 170 g/mol. The van der Waals surface area contributed by atoms with Crippen molar-refractivity contribution in [3.05, 3.63) is 23.8 Å². The third kappa shape index (κ3) is 1.66. The highest BCUT2D eigenvalue weighted by Gasteiger charge is 2.39. The molecule has 1 N–H and O–H groups in total. The van der Waals surface area contributed by atoms with Crippen LogP contribution in [-0.2, 0) is 0 Å². The van der Waals surface area contributed by atoms with Gasteiger partial charge in [-0.1, -0.05) is 37.6 Å². The molecule has 0 saturated carbocycles. The molecule has 2 unspecified atom stereocenters. The van der Waals surface area contributed by atoms with Crippen LogP contribution in [0.15, 0.2) is 23.8 Å². The summed E-state index contributed by atoms with van der Waals surface area (Å²) in [6, 6.07) is 0. The van der Waals surface area contributed by atoms with Crippen molar-refractivity contribution in [2.45, 2.75) is 51.6 Å². The Balaban J connectivity index is 1.98. The predicted octanol–water partition coefficient (Wildman–Crippen LogP) is 3.04. The van der Waals surface area contributed by atoms with Crippen LogP contribution < -0.4 is 5.32 Å². The number of nitrogens with one attached hydrogen (secondary N) is 1. The summed E-state index contributed by atoms with van der Waals surface area (Å²) in [4.78, 5) is 0. The monoisotopic (exact) mass is 191 g/mol. The van der Waals surface area contributed by atoms with Crippen molar-refractivity contribution in [3.63, 3.8) is 0 Å². The number of hydrogen-bond acceptors (Lipinski definition) is 1. The smallest absolute Gasteiger partial charge is 0.0383 e. The maximum atomic E-state index is 3.73. The van der Waals surface area contributed by atoms with Crippen LogP contribution in [-0.4, -0.2) is 11.1 Å². The quantitative estimate of drug-likeness (QED) is 0.676. The van der Waals surface area contributed by atoms with Gasteiger partial charge in [-0.15, -0.1) is 0 Å². The van der Waals surface area contributed by atoms with Crippen molar-refractivity contribution >= 4 is 0 Å². The number of hydrogen-bond donors (Lipinski definition) is 1. The third-order valence-corrected chi connectivity index (χ3v) is 3.42. The van der Waals surface area contributed by atoms with Gasteiger partial charge in [-0.3, -0.25) is 5.32 Å². The Morgan fingerprint density at radius 1 is 1.29 bits per heavy atom. The van der Waals surface area contributed by atoms with Crippen LogP contribution in [0, 0.1) is 5.92 Å². The maximum Gasteiger partial charge on any atom is 0.0383 e. The molecule has 0 bridgehead atoms. The number of rotatable bonds is 3. The first-order chi connectivity index (χ1) is 6.43. The Morgan fingerprint density at radius 3 is 2.21 bits per heavy atom. The maximum absolute atomic E-state index is 3.73. The second-order valence-electron chi connectivity index (χ2n) is 5.62. The highest BCUT2D eigenvalue weighted by atomic mass is 15.1. The largest absolute Gasteiger partial charge is 0.299 e. The van der Waals surface area contributed by atoms with E-state index in [0.717, 1.165) is 5.92 Å². The van der Waals surface area contributed by atoms with E-state index in [1.165, 1.54) is 12.8 Å². The lowest BCUT2D eigenvalue weighted by Crippen LogP contribution is -2.58. The molecule has 14 heavy (non-hydrogen) atoms. The first kappa shape index (κ1) is 9.97. The van der Waals surface area contributed by atoms with E-state index in [1.807, 2.05) is 0 Å². The molecule has 0 aliphatic heterocycles. The van der Waals surface area contributed by atoms with Crippen LogP contribution in [0.4, 0.5) is 0 Å². The van der Waals surface area contributed by atoms with Crippen LogP contribution in [0.1, 0.15) is 40.5 Å². The van der Waals surface area contributed by atoms with Crippen molar-refractivity contribution < 1.29 is 0 Å². The van der Waals surface area contributed by atoms with E-state index in [1.54, 1.807) is 5.57 Å². The van der Waals surface area contributed by atoms with Crippen LogP contribution in [0.3, 0.4) is 0 Å². The van der Waals surface area contributed by atoms with Crippen molar-refractivity contribution in [1.29, 1.82) is 0 Å². The van der Waals surface area contributed by atoms with E-state index in [9.17, 15) is 0 Å². The molecule has 0 aromatic rings. The molecule has 0 aromatic heterocycles. The predicted molar refractivity (Wildman–Crippen MR) is 61.2 cm³/mol. The molecular formula is C13H21N. The first-order valence-electron chi connectivity index (χ1n) is 5.61. The topological polar surface area (TPSA) is 12.0 Å². The summed E-state index contributed by atoms with van der Waals surface area (Å²) in [6.45, 7) is 9.13. The summed E-state index contributed by atoms with van der Waals surface area (Å²) >= 11 is 0. The molecule has 0 fully saturated rings. The van der Waals surface area contributed by atoms with E-state index in [0.29, 0.717) is 0 Å². The summed E-state index contributed by atoms with van der Waals surface area (Å²) in [5, 5.41) is 3.73. The van der Waals surface area contributed by atoms with Gasteiger partial charge in [0.25, 0.3) is 0 Å². The van der Waals surface area contributed by atoms with Gasteiger partial charge < -0.3 is 0 Å². The molecule has 78 valence electrons. The van der Waals surface area contributed by atoms with E-state index in [-0.39, 0.29) is 11.1 Å². The van der Waals surface area contributed by atoms with E-state index >= 15 is 0 Å². The van der Waals surface area contributed by atoms with Gasteiger partial charge in [0, 0.05) is 11.1 Å². The van der Waals surface area contributed by atoms with Gasteiger partial charge in [0.2, 0.25) is 0 Å². The molecule has 2 atom stereocenters. The molecule has 0 saturated heterocycles. The third-order valence-electron chi connectivity index (χ3n) is 3.42. The molecule has 0 spiro atoms. The van der Waals surface area contributed by atoms with Gasteiger partial charge in [0.15, 0.2) is 0 Å². The fourth-order valence-electron chi connectivity index (χ4n) is 2.47. The van der Waals surface area contributed by atoms with Crippen molar-refractivity contribution in [1.82, 2.24) is 5.32 Å². The normalized spacial score (nSPS) is 40.5. The van der Waals surface area contributed by atoms with E-state index < -0.39 is 0 Å². The zero-order valence-corrected chi connectivity index (χ0v) is 9.72. The molecule has 2 rings (SSSR count). The van der Waals surface area contributed by atoms with Crippen molar-refractivity contribution in [2.75, 3.05) is 0 Å². The van der Waals surface area contributed by atoms with Gasteiger partial charge in [0.1, 0.15) is 0 Å². The molecule has 1 heteroatoms. The van der Waals surface area contributed by atoms with Crippen LogP contribution >= 0.6 is 0 Å². The van der Waals surface area contributed by atoms with Crippen LogP contribution in [0.25, 0.3) is 0 Å². The lowest BCUT2D eigenvalue weighted by atomic mass is 9.73. The lowest BCUT2D eigenvalue weighted by molar-refractivity contribution is 0.272. The molecule has 0 heterocycles. The standard InChI is InChI=1S/C13H21N/c1-10(2)11-8-13(4,9-11)14-12(3)6-5-7-12/h5-6,8,10,14H,7,9H2,1-4H3. The Kier molecular flexibility index (Phi) is 2.11. The molecule has 0 aromatic carbocycles. The zero-order chi connectivity index (χ0) is 10.4. The average Bonchev–Trinajstić information content (AvgIpc) is 1.96.